The van der Waals surface area contributed by atoms with Crippen LogP contribution in [0.2, 0.25) is 0 Å². The molecule has 0 bridgehead atoms. The Bertz CT molecular complexity index is 82.1. The fraction of sp³-hybridized carbons (Fsp3) is 0. The van der Waals surface area contributed by atoms with Crippen LogP contribution in [0.3, 0.4) is 0 Å². The molecule has 1 rings (SSSR count). The van der Waals surface area contributed by atoms with Crippen LogP contribution in [0.15, 0.2) is 18.5 Å². The molecule has 0 unspecified atom stereocenters. The highest BCUT2D eigenvalue weighted by molar-refractivity contribution is 5.75. The molecule has 33 valence electrons. The maximum absolute atomic E-state index is 3.42. The monoisotopic (exact) mass is 92.0 g/mol. The summed E-state index contributed by atoms with van der Waals surface area (Å²) < 4.78 is 0. The minimum Gasteiger partial charge on any atom is -0.139 e. The van der Waals surface area contributed by atoms with Crippen molar-refractivity contribution < 1.29 is 0 Å². The number of hydrogen-bond acceptors (Lipinski definition) is 3. The van der Waals surface area contributed by atoms with Crippen LogP contribution < -0.4 is 0 Å². The van der Waals surface area contributed by atoms with Crippen molar-refractivity contribution >= 4 is 8.41 Å². The maximum Gasteiger partial charge on any atom is 0.0529 e. The summed E-state index contributed by atoms with van der Waals surface area (Å²) in [5, 5.41) is 10.1. The first kappa shape index (κ1) is 6.07. The van der Waals surface area contributed by atoms with E-state index in [1.165, 1.54) is 0 Å². The van der Waals surface area contributed by atoms with Gasteiger partial charge in [0, 0.05) is 8.41 Å². The average molecular weight is 91.9 g/mol. The smallest absolute Gasteiger partial charge is 0.0529 e. The molecular weight excluding hydrogens is 88.9 g/mol. The van der Waals surface area contributed by atoms with Crippen LogP contribution in [-0.4, -0.2) is 23.8 Å². The van der Waals surface area contributed by atoms with Gasteiger partial charge in [0.1, 0.15) is 0 Å². The van der Waals surface area contributed by atoms with E-state index in [0.717, 1.165) is 0 Å². The van der Waals surface area contributed by atoms with Crippen LogP contribution in [0.25, 0.3) is 0 Å². The first-order chi connectivity index (χ1) is 3.00. The molecule has 1 aromatic rings. The van der Waals surface area contributed by atoms with Crippen LogP contribution in [0, 0.1) is 0 Å². The normalized spacial score (nSPS) is 6.86. The summed E-state index contributed by atoms with van der Waals surface area (Å²) in [6.07, 6.45) is 3.15. The van der Waals surface area contributed by atoms with Gasteiger partial charge in [-0.25, -0.2) is 0 Å². The lowest BCUT2D eigenvalue weighted by atomic mass is 10.7. The summed E-state index contributed by atoms with van der Waals surface area (Å²) in [5.74, 6) is 0. The number of hydrogen-bond donors (Lipinski definition) is 0. The Morgan fingerprint density at radius 2 is 1.57 bits per heavy atom. The van der Waals surface area contributed by atoms with Crippen molar-refractivity contribution in [1.29, 1.82) is 0 Å². The van der Waals surface area contributed by atoms with Gasteiger partial charge in [0.25, 0.3) is 0 Å². The van der Waals surface area contributed by atoms with E-state index in [2.05, 4.69) is 15.4 Å². The molecule has 0 amide bonds. The molecule has 0 aliphatic rings. The Morgan fingerprint density at radius 1 is 1.00 bits per heavy atom. The largest absolute Gasteiger partial charge is 0.139 e. The van der Waals surface area contributed by atoms with Crippen molar-refractivity contribution in [3.63, 3.8) is 0 Å². The Kier molecular flexibility index (Phi) is 2.84. The molecule has 0 aliphatic carbocycles. The summed E-state index contributed by atoms with van der Waals surface area (Å²) in [4.78, 5) is 0. The van der Waals surface area contributed by atoms with Crippen molar-refractivity contribution in [3.8, 4) is 0 Å². The quantitative estimate of drug-likeness (QED) is 0.404. The maximum atomic E-state index is 3.42. The lowest BCUT2D eigenvalue weighted by Crippen LogP contribution is -1.78. The van der Waals surface area contributed by atoms with E-state index < -0.39 is 0 Å². The zero-order valence-electron chi connectivity index (χ0n) is 3.65. The van der Waals surface area contributed by atoms with E-state index in [1.807, 2.05) is 0 Å². The van der Waals surface area contributed by atoms with E-state index in [1.54, 1.807) is 18.5 Å². The zero-order valence-corrected chi connectivity index (χ0v) is 3.65. The van der Waals surface area contributed by atoms with Gasteiger partial charge in [-0.3, -0.25) is 0 Å². The highest BCUT2D eigenvalue weighted by atomic mass is 15.3. The zero-order chi connectivity index (χ0) is 4.24. The summed E-state index contributed by atoms with van der Waals surface area (Å²) in [6.45, 7) is 0. The van der Waals surface area contributed by atoms with Gasteiger partial charge in [0.2, 0.25) is 0 Å². The van der Waals surface area contributed by atoms with Crippen molar-refractivity contribution in [2.45, 2.75) is 0 Å². The first-order valence-electron chi connectivity index (χ1n) is 1.58. The third-order valence-electron chi connectivity index (χ3n) is 0.409. The molecule has 0 aliphatic heterocycles. The van der Waals surface area contributed by atoms with Gasteiger partial charge < -0.3 is 0 Å². The van der Waals surface area contributed by atoms with E-state index in [-0.39, 0.29) is 8.41 Å². The van der Waals surface area contributed by atoms with Crippen molar-refractivity contribution in [2.75, 3.05) is 0 Å². The van der Waals surface area contributed by atoms with Gasteiger partial charge >= 0.3 is 0 Å². The summed E-state index contributed by atoms with van der Waals surface area (Å²) in [6, 6.07) is 1.72. The van der Waals surface area contributed by atoms with E-state index in [9.17, 15) is 0 Å². The van der Waals surface area contributed by atoms with Crippen LogP contribution in [0.5, 0.6) is 0 Å². The van der Waals surface area contributed by atoms with Gasteiger partial charge in [-0.15, -0.1) is 10.2 Å². The second-order valence-corrected chi connectivity index (χ2v) is 0.811. The van der Waals surface area contributed by atoms with Crippen LogP contribution in [-0.2, 0) is 0 Å². The van der Waals surface area contributed by atoms with Crippen molar-refractivity contribution in [3.05, 3.63) is 18.5 Å². The van der Waals surface area contributed by atoms with Crippen LogP contribution >= 0.6 is 0 Å². The number of rotatable bonds is 0. The molecule has 7 heavy (non-hydrogen) atoms. The topological polar surface area (TPSA) is 38.7 Å². The van der Waals surface area contributed by atoms with E-state index >= 15 is 0 Å². The fourth-order valence-corrected chi connectivity index (χ4v) is 0.205. The first-order valence-corrected chi connectivity index (χ1v) is 1.58. The minimum absolute atomic E-state index is 0. The third-order valence-corrected chi connectivity index (χ3v) is 0.409. The lowest BCUT2D eigenvalue weighted by Gasteiger charge is -1.68. The summed E-state index contributed by atoms with van der Waals surface area (Å²) >= 11 is 0. The van der Waals surface area contributed by atoms with E-state index in [4.69, 9.17) is 0 Å². The summed E-state index contributed by atoms with van der Waals surface area (Å²) in [7, 11) is 0. The minimum atomic E-state index is 0. The second-order valence-electron chi connectivity index (χ2n) is 0.811. The van der Waals surface area contributed by atoms with Crippen molar-refractivity contribution in [2.24, 2.45) is 0 Å². The Balaban J connectivity index is 0.000000360. The van der Waals surface area contributed by atoms with E-state index in [0.29, 0.717) is 0 Å². The second kappa shape index (κ2) is 3.27. The molecule has 0 N–H and O–H groups in total. The number of aromatic nitrogens is 3. The molecule has 1 heterocycles. The Hall–Kier alpha value is -0.925. The SMILES string of the molecule is [B].c1cnnnc1. The predicted molar refractivity (Wildman–Crippen MR) is 25.6 cm³/mol. The van der Waals surface area contributed by atoms with Gasteiger partial charge in [0.15, 0.2) is 0 Å². The van der Waals surface area contributed by atoms with Crippen LogP contribution in [0.1, 0.15) is 0 Å². The highest BCUT2D eigenvalue weighted by Gasteiger charge is 1.60. The Labute approximate surface area is 43.3 Å². The fourth-order valence-electron chi connectivity index (χ4n) is 0.205. The third kappa shape index (κ3) is 1.86. The van der Waals surface area contributed by atoms with Gasteiger partial charge in [-0.2, -0.15) is 0 Å². The number of nitrogens with zero attached hydrogens (tertiary/aromatic N) is 3. The van der Waals surface area contributed by atoms with Crippen molar-refractivity contribution in [1.82, 2.24) is 15.4 Å². The van der Waals surface area contributed by atoms with Crippen LogP contribution in [0.4, 0.5) is 0 Å². The molecular formula is C3H3BN3. The lowest BCUT2D eigenvalue weighted by molar-refractivity contribution is 0.865. The molecule has 4 heteroatoms. The molecule has 0 atom stereocenters. The molecule has 3 radical (unpaired) electrons. The molecule has 1 aromatic heterocycles. The highest BCUT2D eigenvalue weighted by Crippen LogP contribution is 1.61. The van der Waals surface area contributed by atoms with Gasteiger partial charge in [0.05, 0.1) is 12.4 Å². The predicted octanol–water partition coefficient (Wildman–Crippen LogP) is -0.509. The standard InChI is InChI=1S/C3H3N3.B/c1-2-4-6-5-3-1;/h1-3H;. The van der Waals surface area contributed by atoms with Gasteiger partial charge in [-0.1, -0.05) is 0 Å². The van der Waals surface area contributed by atoms with Gasteiger partial charge in [-0.05, 0) is 11.3 Å². The molecule has 3 nitrogen and oxygen atoms in total. The molecule has 0 fully saturated rings. The molecule has 0 saturated heterocycles. The summed E-state index contributed by atoms with van der Waals surface area (Å²) in [5.41, 5.74) is 0. The molecule has 0 spiro atoms. The Morgan fingerprint density at radius 3 is 1.71 bits per heavy atom. The average Bonchev–Trinajstić information content (AvgIpc) is 1.72. The molecule has 0 saturated carbocycles. The molecule has 0 aromatic carbocycles.